The first-order valence-corrected chi connectivity index (χ1v) is 8.90. The molecule has 0 radical (unpaired) electrons. The Morgan fingerprint density at radius 1 is 0.750 bits per heavy atom. The summed E-state index contributed by atoms with van der Waals surface area (Å²) in [5, 5.41) is 2.11. The van der Waals surface area contributed by atoms with Gasteiger partial charge in [-0.25, -0.2) is 9.36 Å². The number of hydrogen-bond acceptors (Lipinski definition) is 3. The van der Waals surface area contributed by atoms with Gasteiger partial charge in [0, 0.05) is 17.0 Å². The first kappa shape index (κ1) is 16.2. The van der Waals surface area contributed by atoms with E-state index < -0.39 is 5.69 Å². The van der Waals surface area contributed by atoms with Crippen molar-refractivity contribution in [1.29, 1.82) is 0 Å². The molecule has 5 rings (SSSR count). The molecule has 0 bridgehead atoms. The molecule has 0 saturated heterocycles. The van der Waals surface area contributed by atoms with E-state index in [2.05, 4.69) is 9.97 Å². The van der Waals surface area contributed by atoms with Crippen LogP contribution in [0, 0.1) is 0 Å². The number of benzene rings is 3. The van der Waals surface area contributed by atoms with Crippen LogP contribution in [-0.4, -0.2) is 14.5 Å². The molecule has 1 N–H and O–H groups in total. The highest BCUT2D eigenvalue weighted by Gasteiger charge is 2.13. The lowest BCUT2D eigenvalue weighted by Gasteiger charge is -2.10. The van der Waals surface area contributed by atoms with Crippen LogP contribution in [0.3, 0.4) is 0 Å². The van der Waals surface area contributed by atoms with Crippen molar-refractivity contribution in [2.24, 2.45) is 0 Å². The van der Waals surface area contributed by atoms with E-state index in [1.54, 1.807) is 18.5 Å². The van der Waals surface area contributed by atoms with Crippen LogP contribution in [0.15, 0.2) is 94.8 Å². The smallest absolute Gasteiger partial charge is 0.306 e. The van der Waals surface area contributed by atoms with E-state index in [0.29, 0.717) is 16.6 Å². The molecular weight excluding hydrogens is 350 g/mol. The standard InChI is InChI=1S/C23H15N3O2/c27-22-19-11-10-16(15-6-2-1-3-7-15)12-20(19)25-23(28)26(22)21-14-24-13-17-8-4-5-9-18(17)21/h1-14H,(H,25,28). The van der Waals surface area contributed by atoms with Gasteiger partial charge in [-0.05, 0) is 23.3 Å². The summed E-state index contributed by atoms with van der Waals surface area (Å²) < 4.78 is 1.15. The largest absolute Gasteiger partial charge is 0.333 e. The Balaban J connectivity index is 1.78. The van der Waals surface area contributed by atoms with E-state index in [9.17, 15) is 9.59 Å². The summed E-state index contributed by atoms with van der Waals surface area (Å²) in [5.41, 5.74) is 2.09. The van der Waals surface area contributed by atoms with E-state index in [1.165, 1.54) is 0 Å². The zero-order valence-electron chi connectivity index (χ0n) is 14.8. The van der Waals surface area contributed by atoms with Crippen molar-refractivity contribution < 1.29 is 0 Å². The lowest BCUT2D eigenvalue weighted by molar-refractivity contribution is 0.902. The van der Waals surface area contributed by atoms with Gasteiger partial charge in [-0.3, -0.25) is 9.78 Å². The number of pyridine rings is 1. The molecule has 5 heteroatoms. The first-order chi connectivity index (χ1) is 13.7. The van der Waals surface area contributed by atoms with Gasteiger partial charge in [0.2, 0.25) is 0 Å². The number of H-pyrrole nitrogens is 1. The second-order valence-electron chi connectivity index (χ2n) is 6.58. The van der Waals surface area contributed by atoms with Crippen LogP contribution < -0.4 is 11.2 Å². The Morgan fingerprint density at radius 3 is 2.39 bits per heavy atom. The lowest BCUT2D eigenvalue weighted by Crippen LogP contribution is -2.33. The number of fused-ring (bicyclic) bond motifs is 2. The summed E-state index contributed by atoms with van der Waals surface area (Å²) >= 11 is 0. The van der Waals surface area contributed by atoms with Gasteiger partial charge in [0.1, 0.15) is 0 Å². The minimum atomic E-state index is -0.485. The topological polar surface area (TPSA) is 67.8 Å². The van der Waals surface area contributed by atoms with Gasteiger partial charge in [0.15, 0.2) is 0 Å². The Hall–Kier alpha value is -3.99. The number of nitrogens with one attached hydrogen (secondary N) is 1. The Kier molecular flexibility index (Phi) is 3.66. The van der Waals surface area contributed by atoms with Crippen LogP contribution in [0.25, 0.3) is 38.5 Å². The van der Waals surface area contributed by atoms with Crippen molar-refractivity contribution in [3.8, 4) is 16.8 Å². The molecule has 0 aliphatic heterocycles. The van der Waals surface area contributed by atoms with Crippen molar-refractivity contribution in [3.63, 3.8) is 0 Å². The number of aromatic amines is 1. The van der Waals surface area contributed by atoms with Crippen LogP contribution in [0.4, 0.5) is 0 Å². The van der Waals surface area contributed by atoms with Crippen molar-refractivity contribution in [1.82, 2.24) is 14.5 Å². The third kappa shape index (κ3) is 2.53. The quantitative estimate of drug-likeness (QED) is 0.516. The molecule has 0 spiro atoms. The average Bonchev–Trinajstić information content (AvgIpc) is 2.74. The molecule has 0 aliphatic rings. The second kappa shape index (κ2) is 6.32. The minimum absolute atomic E-state index is 0.364. The molecule has 28 heavy (non-hydrogen) atoms. The van der Waals surface area contributed by atoms with Gasteiger partial charge in [-0.1, -0.05) is 60.7 Å². The van der Waals surface area contributed by atoms with Crippen molar-refractivity contribution in [3.05, 3.63) is 106 Å². The maximum absolute atomic E-state index is 13.2. The summed E-state index contributed by atoms with van der Waals surface area (Å²) in [6, 6.07) is 22.9. The molecule has 134 valence electrons. The number of rotatable bonds is 2. The van der Waals surface area contributed by atoms with Crippen molar-refractivity contribution in [2.45, 2.75) is 0 Å². The molecule has 2 aromatic heterocycles. The van der Waals surface area contributed by atoms with Crippen molar-refractivity contribution in [2.75, 3.05) is 0 Å². The van der Waals surface area contributed by atoms with E-state index in [1.807, 2.05) is 66.7 Å². The van der Waals surface area contributed by atoms with Crippen LogP contribution in [0.1, 0.15) is 0 Å². The molecule has 3 aromatic carbocycles. The van der Waals surface area contributed by atoms with Gasteiger partial charge in [0.25, 0.3) is 5.56 Å². The van der Waals surface area contributed by atoms with E-state index >= 15 is 0 Å². The van der Waals surface area contributed by atoms with E-state index in [-0.39, 0.29) is 5.56 Å². The molecule has 0 aliphatic carbocycles. The highest BCUT2D eigenvalue weighted by atomic mass is 16.2. The zero-order valence-corrected chi connectivity index (χ0v) is 14.8. The Labute approximate surface area is 159 Å². The van der Waals surface area contributed by atoms with Gasteiger partial charge >= 0.3 is 5.69 Å². The van der Waals surface area contributed by atoms with Gasteiger partial charge in [0.05, 0.1) is 22.8 Å². The highest BCUT2D eigenvalue weighted by molar-refractivity contribution is 5.90. The maximum Gasteiger partial charge on any atom is 0.333 e. The normalized spacial score (nSPS) is 11.1. The molecule has 5 nitrogen and oxygen atoms in total. The molecule has 0 unspecified atom stereocenters. The predicted molar refractivity (Wildman–Crippen MR) is 111 cm³/mol. The van der Waals surface area contributed by atoms with Crippen LogP contribution >= 0.6 is 0 Å². The van der Waals surface area contributed by atoms with Crippen LogP contribution in [0.5, 0.6) is 0 Å². The fourth-order valence-electron chi connectivity index (χ4n) is 3.53. The maximum atomic E-state index is 13.2. The SMILES string of the molecule is O=c1[nH]c2cc(-c3ccccc3)ccc2c(=O)n1-c1cncc2ccccc12. The molecule has 0 atom stereocenters. The third-order valence-corrected chi connectivity index (χ3v) is 4.89. The Morgan fingerprint density at radius 2 is 1.54 bits per heavy atom. The highest BCUT2D eigenvalue weighted by Crippen LogP contribution is 2.22. The molecule has 2 heterocycles. The predicted octanol–water partition coefficient (Wildman–Crippen LogP) is 3.89. The van der Waals surface area contributed by atoms with E-state index in [4.69, 9.17) is 0 Å². The number of hydrogen-bond donors (Lipinski definition) is 1. The van der Waals surface area contributed by atoms with Crippen LogP contribution in [0.2, 0.25) is 0 Å². The third-order valence-electron chi connectivity index (χ3n) is 4.89. The minimum Gasteiger partial charge on any atom is -0.306 e. The summed E-state index contributed by atoms with van der Waals surface area (Å²) in [7, 11) is 0. The van der Waals surface area contributed by atoms with Crippen LogP contribution in [-0.2, 0) is 0 Å². The molecule has 0 fully saturated rings. The Bertz CT molecular complexity index is 1440. The fraction of sp³-hybridized carbons (Fsp3) is 0. The van der Waals surface area contributed by atoms with Crippen molar-refractivity contribution >= 4 is 21.7 Å². The average molecular weight is 365 g/mol. The first-order valence-electron chi connectivity index (χ1n) is 8.90. The molecular formula is C23H15N3O2. The monoisotopic (exact) mass is 365 g/mol. The number of nitrogens with zero attached hydrogens (tertiary/aromatic N) is 2. The summed E-state index contributed by atoms with van der Waals surface area (Å²) in [4.78, 5) is 33.0. The number of aromatic nitrogens is 3. The molecule has 0 saturated carbocycles. The van der Waals surface area contributed by atoms with Gasteiger partial charge in [-0.15, -0.1) is 0 Å². The lowest BCUT2D eigenvalue weighted by atomic mass is 10.0. The van der Waals surface area contributed by atoms with E-state index in [0.717, 1.165) is 26.5 Å². The van der Waals surface area contributed by atoms with Gasteiger partial charge in [-0.2, -0.15) is 0 Å². The summed E-state index contributed by atoms with van der Waals surface area (Å²) in [6.45, 7) is 0. The summed E-state index contributed by atoms with van der Waals surface area (Å²) in [6.07, 6.45) is 3.26. The van der Waals surface area contributed by atoms with Gasteiger partial charge < -0.3 is 4.98 Å². The summed E-state index contributed by atoms with van der Waals surface area (Å²) in [5.74, 6) is 0. The zero-order chi connectivity index (χ0) is 19.1. The molecule has 5 aromatic rings. The fourth-order valence-corrected chi connectivity index (χ4v) is 3.53. The second-order valence-corrected chi connectivity index (χ2v) is 6.58. The molecule has 0 amide bonds.